The first kappa shape index (κ1) is 14.0. The molecular formula is C14H17N3O3. The second kappa shape index (κ2) is 6.70. The number of benzene rings is 1. The van der Waals surface area contributed by atoms with E-state index in [2.05, 4.69) is 15.8 Å². The third-order valence-electron chi connectivity index (χ3n) is 2.88. The van der Waals surface area contributed by atoms with E-state index in [1.165, 1.54) is 0 Å². The van der Waals surface area contributed by atoms with Gasteiger partial charge in [0.1, 0.15) is 12.3 Å². The van der Waals surface area contributed by atoms with Gasteiger partial charge in [-0.1, -0.05) is 25.5 Å². The molecular weight excluding hydrogens is 258 g/mol. The maximum absolute atomic E-state index is 11.6. The molecule has 1 aromatic rings. The first-order chi connectivity index (χ1) is 9.69. The average Bonchev–Trinajstić information content (AvgIpc) is 2.47. The van der Waals surface area contributed by atoms with Crippen molar-refractivity contribution in [3.63, 3.8) is 0 Å². The lowest BCUT2D eigenvalue weighted by Gasteiger charge is -2.13. The Kier molecular flexibility index (Phi) is 4.70. The molecule has 2 rings (SSSR count). The molecule has 0 saturated carbocycles. The summed E-state index contributed by atoms with van der Waals surface area (Å²) in [6, 6.07) is 7.26. The number of anilines is 1. The van der Waals surface area contributed by atoms with E-state index in [-0.39, 0.29) is 12.5 Å². The number of rotatable bonds is 5. The number of carbonyl (C=O) groups excluding carboxylic acids is 2. The number of unbranched alkanes of at least 4 members (excludes halogenated alkanes) is 1. The molecule has 2 N–H and O–H groups in total. The van der Waals surface area contributed by atoms with Gasteiger partial charge < -0.3 is 10.1 Å². The highest BCUT2D eigenvalue weighted by atomic mass is 16.6. The first-order valence-corrected chi connectivity index (χ1v) is 6.58. The maximum Gasteiger partial charge on any atom is 0.428 e. The second-order valence-electron chi connectivity index (χ2n) is 4.48. The minimum Gasteiger partial charge on any atom is -0.442 e. The Morgan fingerprint density at radius 1 is 1.40 bits per heavy atom. The van der Waals surface area contributed by atoms with Crippen LogP contribution in [0.25, 0.3) is 0 Å². The molecule has 0 saturated heterocycles. The summed E-state index contributed by atoms with van der Waals surface area (Å²) >= 11 is 0. The smallest absolute Gasteiger partial charge is 0.428 e. The van der Waals surface area contributed by atoms with Crippen LogP contribution in [0.15, 0.2) is 29.4 Å². The Labute approximate surface area is 117 Å². The summed E-state index contributed by atoms with van der Waals surface area (Å²) < 4.78 is 4.83. The molecule has 0 bridgehead atoms. The number of nitrogens with zero attached hydrogens (tertiary/aromatic N) is 1. The van der Waals surface area contributed by atoms with E-state index in [0.717, 1.165) is 24.1 Å². The monoisotopic (exact) mass is 275 g/mol. The van der Waals surface area contributed by atoms with Crippen molar-refractivity contribution in [3.8, 4) is 0 Å². The maximum atomic E-state index is 11.6. The zero-order valence-corrected chi connectivity index (χ0v) is 11.3. The third kappa shape index (κ3) is 3.81. The van der Waals surface area contributed by atoms with Gasteiger partial charge in [0.15, 0.2) is 0 Å². The Morgan fingerprint density at radius 3 is 2.75 bits per heavy atom. The Morgan fingerprint density at radius 2 is 2.15 bits per heavy atom. The number of amides is 2. The van der Waals surface area contributed by atoms with Gasteiger partial charge in [-0.15, -0.1) is 0 Å². The van der Waals surface area contributed by atoms with Crippen LogP contribution in [0.5, 0.6) is 0 Å². The van der Waals surface area contributed by atoms with Crippen LogP contribution < -0.4 is 10.7 Å². The van der Waals surface area contributed by atoms with Gasteiger partial charge in [-0.25, -0.2) is 10.2 Å². The number of hydrazone groups is 1. The summed E-state index contributed by atoms with van der Waals surface area (Å²) in [6.45, 7) is 2.20. The molecule has 1 heterocycles. The van der Waals surface area contributed by atoms with Gasteiger partial charge in [0.05, 0.1) is 0 Å². The normalized spacial score (nSPS) is 14.1. The number of ether oxygens (including phenoxy) is 1. The Bertz CT molecular complexity index is 523. The first-order valence-electron chi connectivity index (χ1n) is 6.58. The van der Waals surface area contributed by atoms with Crippen molar-refractivity contribution >= 4 is 23.4 Å². The predicted octanol–water partition coefficient (Wildman–Crippen LogP) is 2.26. The van der Waals surface area contributed by atoms with Gasteiger partial charge in [0.25, 0.3) is 0 Å². The summed E-state index contributed by atoms with van der Waals surface area (Å²) in [5.74, 6) is 0.0187. The summed E-state index contributed by atoms with van der Waals surface area (Å²) in [6.07, 6.45) is 1.87. The molecule has 0 radical (unpaired) electrons. The van der Waals surface area contributed by atoms with Crippen molar-refractivity contribution in [2.75, 3.05) is 11.9 Å². The topological polar surface area (TPSA) is 79.8 Å². The van der Waals surface area contributed by atoms with Crippen LogP contribution in [0.3, 0.4) is 0 Å². The van der Waals surface area contributed by atoms with E-state index < -0.39 is 6.09 Å². The molecule has 6 nitrogen and oxygen atoms in total. The van der Waals surface area contributed by atoms with Gasteiger partial charge in [-0.2, -0.15) is 5.10 Å². The van der Waals surface area contributed by atoms with Crippen LogP contribution in [-0.4, -0.2) is 24.3 Å². The van der Waals surface area contributed by atoms with Gasteiger partial charge >= 0.3 is 6.09 Å². The van der Waals surface area contributed by atoms with Crippen molar-refractivity contribution in [3.05, 3.63) is 29.8 Å². The largest absolute Gasteiger partial charge is 0.442 e. The lowest BCUT2D eigenvalue weighted by molar-refractivity contribution is -0.116. The van der Waals surface area contributed by atoms with Gasteiger partial charge in [-0.05, 0) is 18.6 Å². The lowest BCUT2D eigenvalue weighted by Crippen LogP contribution is -2.30. The minimum absolute atomic E-state index is 0.0187. The molecule has 0 aromatic heterocycles. The van der Waals surface area contributed by atoms with E-state index in [0.29, 0.717) is 12.1 Å². The van der Waals surface area contributed by atoms with E-state index in [4.69, 9.17) is 4.74 Å². The molecule has 106 valence electrons. The SMILES string of the molecule is CCCCC(=O)Nc1ccc(C2=NNC(=O)OC2)cc1. The quantitative estimate of drug-likeness (QED) is 0.865. The van der Waals surface area contributed by atoms with Crippen LogP contribution >= 0.6 is 0 Å². The molecule has 1 aliphatic rings. The molecule has 0 unspecified atom stereocenters. The van der Waals surface area contributed by atoms with Crippen molar-refractivity contribution in [2.45, 2.75) is 26.2 Å². The van der Waals surface area contributed by atoms with Crippen LogP contribution in [0.4, 0.5) is 10.5 Å². The van der Waals surface area contributed by atoms with E-state index >= 15 is 0 Å². The molecule has 1 aromatic carbocycles. The fourth-order valence-corrected chi connectivity index (χ4v) is 1.77. The zero-order chi connectivity index (χ0) is 14.4. The minimum atomic E-state index is -0.548. The van der Waals surface area contributed by atoms with Crippen molar-refractivity contribution < 1.29 is 14.3 Å². The highest BCUT2D eigenvalue weighted by Gasteiger charge is 2.13. The molecule has 0 aliphatic carbocycles. The number of carbonyl (C=O) groups is 2. The molecule has 0 fully saturated rings. The highest BCUT2D eigenvalue weighted by molar-refractivity contribution is 6.04. The molecule has 20 heavy (non-hydrogen) atoms. The van der Waals surface area contributed by atoms with Gasteiger partial charge in [0.2, 0.25) is 5.91 Å². The summed E-state index contributed by atoms with van der Waals surface area (Å²) in [5, 5.41) is 6.75. The van der Waals surface area contributed by atoms with E-state index in [1.807, 2.05) is 19.1 Å². The van der Waals surface area contributed by atoms with Crippen molar-refractivity contribution in [1.82, 2.24) is 5.43 Å². The van der Waals surface area contributed by atoms with Crippen LogP contribution in [0.1, 0.15) is 31.7 Å². The van der Waals surface area contributed by atoms with E-state index in [9.17, 15) is 9.59 Å². The molecule has 6 heteroatoms. The Hall–Kier alpha value is -2.37. The van der Waals surface area contributed by atoms with Crippen LogP contribution in [0.2, 0.25) is 0 Å². The zero-order valence-electron chi connectivity index (χ0n) is 11.3. The number of nitrogens with one attached hydrogen (secondary N) is 2. The van der Waals surface area contributed by atoms with E-state index in [1.54, 1.807) is 12.1 Å². The molecule has 0 atom stereocenters. The highest BCUT2D eigenvalue weighted by Crippen LogP contribution is 2.12. The summed E-state index contributed by atoms with van der Waals surface area (Å²) in [7, 11) is 0. The second-order valence-corrected chi connectivity index (χ2v) is 4.48. The van der Waals surface area contributed by atoms with Crippen molar-refractivity contribution in [2.24, 2.45) is 5.10 Å². The summed E-state index contributed by atoms with van der Waals surface area (Å²) in [5.41, 5.74) is 4.49. The molecule has 2 amide bonds. The lowest BCUT2D eigenvalue weighted by atomic mass is 10.1. The number of hydrogen-bond acceptors (Lipinski definition) is 4. The van der Waals surface area contributed by atoms with Crippen LogP contribution in [0, 0.1) is 0 Å². The third-order valence-corrected chi connectivity index (χ3v) is 2.88. The van der Waals surface area contributed by atoms with Crippen LogP contribution in [-0.2, 0) is 9.53 Å². The fourth-order valence-electron chi connectivity index (χ4n) is 1.77. The standard InChI is InChI=1S/C14H17N3O3/c1-2-3-4-13(18)15-11-7-5-10(6-8-11)12-9-20-14(19)17-16-12/h5-8H,2-4,9H2,1H3,(H,15,18)(H,17,19). The number of hydrogen-bond donors (Lipinski definition) is 2. The van der Waals surface area contributed by atoms with Gasteiger partial charge in [0, 0.05) is 17.7 Å². The average molecular weight is 275 g/mol. The summed E-state index contributed by atoms with van der Waals surface area (Å²) in [4.78, 5) is 22.4. The molecule has 1 aliphatic heterocycles. The molecule has 0 spiro atoms. The fraction of sp³-hybridized carbons (Fsp3) is 0.357. The number of cyclic esters (lactones) is 1. The predicted molar refractivity (Wildman–Crippen MR) is 75.6 cm³/mol. The van der Waals surface area contributed by atoms with Gasteiger partial charge in [-0.3, -0.25) is 4.79 Å². The Balaban J connectivity index is 1.96. The van der Waals surface area contributed by atoms with Crippen molar-refractivity contribution in [1.29, 1.82) is 0 Å².